The van der Waals surface area contributed by atoms with Crippen molar-refractivity contribution >= 4 is 72.5 Å². The lowest BCUT2D eigenvalue weighted by molar-refractivity contribution is 0.0985. The number of thiazole rings is 1. The minimum Gasteiger partial charge on any atom is -0.360 e. The second-order valence-corrected chi connectivity index (χ2v) is 9.99. The third kappa shape index (κ3) is 5.28. The van der Waals surface area contributed by atoms with Gasteiger partial charge in [-0.15, -0.1) is 12.4 Å². The zero-order valence-corrected chi connectivity index (χ0v) is 22.5. The number of rotatable bonds is 7. The summed E-state index contributed by atoms with van der Waals surface area (Å²) in [5.41, 5.74) is 2.30. The second kappa shape index (κ2) is 10.9. The van der Waals surface area contributed by atoms with Gasteiger partial charge in [0.25, 0.3) is 5.91 Å². The van der Waals surface area contributed by atoms with Crippen molar-refractivity contribution < 1.29 is 9.32 Å². The van der Waals surface area contributed by atoms with E-state index in [1.165, 1.54) is 11.3 Å². The number of aryl methyl sites for hydroxylation is 2. The van der Waals surface area contributed by atoms with Crippen molar-refractivity contribution in [3.8, 4) is 11.3 Å². The van der Waals surface area contributed by atoms with Gasteiger partial charge in [0.15, 0.2) is 5.13 Å². The molecule has 0 aliphatic rings. The Balaban J connectivity index is 0.00000289. The van der Waals surface area contributed by atoms with E-state index in [-0.39, 0.29) is 18.3 Å². The molecule has 0 aliphatic carbocycles. The van der Waals surface area contributed by atoms with Crippen LogP contribution in [0, 0.1) is 6.92 Å². The molecule has 7 nitrogen and oxygen atoms in total. The molecule has 2 aromatic carbocycles. The van der Waals surface area contributed by atoms with E-state index in [1.807, 2.05) is 47.2 Å². The molecule has 35 heavy (non-hydrogen) atoms. The lowest BCUT2D eigenvalue weighted by Gasteiger charge is -2.20. The van der Waals surface area contributed by atoms with Crippen LogP contribution < -0.4 is 4.90 Å². The number of anilines is 1. The third-order valence-electron chi connectivity index (χ3n) is 5.38. The number of halogens is 3. The predicted octanol–water partition coefficient (Wildman–Crippen LogP) is 7.03. The molecule has 11 heteroatoms. The molecule has 0 N–H and O–H groups in total. The highest BCUT2D eigenvalue weighted by Crippen LogP contribution is 2.35. The summed E-state index contributed by atoms with van der Waals surface area (Å²) in [4.78, 5) is 24.5. The van der Waals surface area contributed by atoms with E-state index in [2.05, 4.69) is 26.1 Å². The Bertz CT molecular complexity index is 1470. The van der Waals surface area contributed by atoms with Crippen molar-refractivity contribution in [2.24, 2.45) is 0 Å². The Morgan fingerprint density at radius 3 is 2.86 bits per heavy atom. The summed E-state index contributed by atoms with van der Waals surface area (Å²) in [6.07, 6.45) is 6.13. The van der Waals surface area contributed by atoms with Crippen LogP contribution in [-0.4, -0.2) is 32.1 Å². The van der Waals surface area contributed by atoms with Crippen LogP contribution in [0.25, 0.3) is 21.5 Å². The maximum Gasteiger partial charge on any atom is 0.265 e. The lowest BCUT2D eigenvalue weighted by atomic mass is 10.1. The van der Waals surface area contributed by atoms with Gasteiger partial charge >= 0.3 is 0 Å². The van der Waals surface area contributed by atoms with Crippen LogP contribution in [0.2, 0.25) is 5.02 Å². The van der Waals surface area contributed by atoms with E-state index in [4.69, 9.17) is 21.1 Å². The van der Waals surface area contributed by atoms with E-state index in [9.17, 15) is 4.79 Å². The van der Waals surface area contributed by atoms with Crippen molar-refractivity contribution in [3.63, 3.8) is 0 Å². The number of carbonyl (C=O) groups excluding carboxylic acids is 1. The average molecular weight is 593 g/mol. The molecule has 5 aromatic rings. The van der Waals surface area contributed by atoms with Gasteiger partial charge in [0, 0.05) is 35.5 Å². The summed E-state index contributed by atoms with van der Waals surface area (Å²) in [6.45, 7) is 2.92. The summed E-state index contributed by atoms with van der Waals surface area (Å²) in [7, 11) is 0. The molecule has 0 atom stereocenters. The van der Waals surface area contributed by atoms with Crippen molar-refractivity contribution in [1.29, 1.82) is 0 Å². The fourth-order valence-corrected chi connectivity index (χ4v) is 5.48. The Morgan fingerprint density at radius 1 is 1.26 bits per heavy atom. The molecule has 0 radical (unpaired) electrons. The third-order valence-corrected chi connectivity index (χ3v) is 7.24. The van der Waals surface area contributed by atoms with Crippen LogP contribution >= 0.6 is 51.3 Å². The molecule has 5 rings (SSSR count). The second-order valence-electron chi connectivity index (χ2n) is 7.66. The summed E-state index contributed by atoms with van der Waals surface area (Å²) in [5, 5.41) is 5.30. The molecular formula is C24H20BrCl2N5O2S. The normalized spacial score (nSPS) is 10.9. The number of aromatic nitrogens is 4. The molecular weight excluding hydrogens is 573 g/mol. The maximum absolute atomic E-state index is 14.0. The molecule has 1 amide bonds. The van der Waals surface area contributed by atoms with E-state index >= 15 is 0 Å². The lowest BCUT2D eigenvalue weighted by Crippen LogP contribution is -2.33. The van der Waals surface area contributed by atoms with Gasteiger partial charge in [0.05, 0.1) is 21.6 Å². The average Bonchev–Trinajstić information content (AvgIpc) is 3.56. The SMILES string of the molecule is Cc1onc(-c2ccccc2Cl)c1C(=O)N(CCCn1ccnc1)c1nc2ccc(Br)cc2s1.Cl. The van der Waals surface area contributed by atoms with E-state index in [0.29, 0.717) is 45.7 Å². The standard InChI is InChI=1S/C24H19BrClN5O2S.ClH/c1-15-21(22(29-33-15)17-5-2-3-6-18(17)26)23(32)31(11-4-10-30-12-9-27-14-30)24-28-19-8-7-16(25)13-20(19)34-24;/h2-3,5-9,12-14H,4,10-11H2,1H3;1H. The first-order valence-corrected chi connectivity index (χ1v) is 12.5. The molecule has 0 unspecified atom stereocenters. The molecule has 0 fully saturated rings. The van der Waals surface area contributed by atoms with Gasteiger partial charge in [-0.3, -0.25) is 9.69 Å². The van der Waals surface area contributed by atoms with Crippen molar-refractivity contribution in [1.82, 2.24) is 19.7 Å². The van der Waals surface area contributed by atoms with Crippen LogP contribution in [0.5, 0.6) is 0 Å². The first kappa shape index (κ1) is 25.4. The Morgan fingerprint density at radius 2 is 2.09 bits per heavy atom. The van der Waals surface area contributed by atoms with Crippen molar-refractivity contribution in [2.45, 2.75) is 19.9 Å². The largest absolute Gasteiger partial charge is 0.360 e. The fourth-order valence-electron chi connectivity index (χ4n) is 3.71. The van der Waals surface area contributed by atoms with Gasteiger partial charge in [-0.1, -0.05) is 62.2 Å². The maximum atomic E-state index is 14.0. The molecule has 0 saturated heterocycles. The van der Waals surface area contributed by atoms with E-state index in [1.54, 1.807) is 30.4 Å². The van der Waals surface area contributed by atoms with Crippen LogP contribution in [0.4, 0.5) is 5.13 Å². The molecule has 0 spiro atoms. The number of benzene rings is 2. The van der Waals surface area contributed by atoms with Gasteiger partial charge in [-0.2, -0.15) is 0 Å². The van der Waals surface area contributed by atoms with Crippen molar-refractivity contribution in [2.75, 3.05) is 11.4 Å². The topological polar surface area (TPSA) is 77.0 Å². The minimum absolute atomic E-state index is 0. The summed E-state index contributed by atoms with van der Waals surface area (Å²) < 4.78 is 9.40. The van der Waals surface area contributed by atoms with Crippen LogP contribution in [0.1, 0.15) is 22.5 Å². The number of nitrogens with zero attached hydrogens (tertiary/aromatic N) is 5. The molecule has 3 aromatic heterocycles. The minimum atomic E-state index is -0.225. The number of amides is 1. The quantitative estimate of drug-likeness (QED) is 0.203. The highest BCUT2D eigenvalue weighted by molar-refractivity contribution is 9.10. The number of hydrogen-bond acceptors (Lipinski definition) is 6. The predicted molar refractivity (Wildman–Crippen MR) is 145 cm³/mol. The van der Waals surface area contributed by atoms with Crippen LogP contribution in [0.15, 0.2) is 70.2 Å². The van der Waals surface area contributed by atoms with Gasteiger partial charge < -0.3 is 9.09 Å². The van der Waals surface area contributed by atoms with Crippen LogP contribution in [0.3, 0.4) is 0 Å². The van der Waals surface area contributed by atoms with Crippen molar-refractivity contribution in [3.05, 3.63) is 82.0 Å². The Kier molecular flexibility index (Phi) is 7.91. The molecule has 0 aliphatic heterocycles. The summed E-state index contributed by atoms with van der Waals surface area (Å²) >= 11 is 11.4. The first-order valence-electron chi connectivity index (χ1n) is 10.6. The van der Waals surface area contributed by atoms with Gasteiger partial charge in [-0.25, -0.2) is 9.97 Å². The number of hydrogen-bond donors (Lipinski definition) is 0. The molecule has 0 saturated carbocycles. The van der Waals surface area contributed by atoms with Gasteiger partial charge in [0.2, 0.25) is 0 Å². The highest BCUT2D eigenvalue weighted by atomic mass is 79.9. The Hall–Kier alpha value is -2.72. The molecule has 3 heterocycles. The first-order chi connectivity index (χ1) is 16.5. The zero-order chi connectivity index (χ0) is 23.7. The Labute approximate surface area is 225 Å². The van der Waals surface area contributed by atoms with E-state index in [0.717, 1.165) is 21.2 Å². The fraction of sp³-hybridized carbons (Fsp3) is 0.167. The number of imidazole rings is 1. The van der Waals surface area contributed by atoms with Crippen LogP contribution in [-0.2, 0) is 6.54 Å². The monoisotopic (exact) mass is 591 g/mol. The van der Waals surface area contributed by atoms with Gasteiger partial charge in [0.1, 0.15) is 17.0 Å². The molecule has 180 valence electrons. The number of fused-ring (bicyclic) bond motifs is 1. The molecule has 0 bridgehead atoms. The summed E-state index contributed by atoms with van der Waals surface area (Å²) in [6, 6.07) is 13.2. The van der Waals surface area contributed by atoms with E-state index < -0.39 is 0 Å². The highest BCUT2D eigenvalue weighted by Gasteiger charge is 2.29. The summed E-state index contributed by atoms with van der Waals surface area (Å²) in [5.74, 6) is 0.209. The number of carbonyl (C=O) groups is 1. The van der Waals surface area contributed by atoms with Gasteiger partial charge in [-0.05, 0) is 37.6 Å². The smallest absolute Gasteiger partial charge is 0.265 e. The zero-order valence-electron chi connectivity index (χ0n) is 18.5.